The van der Waals surface area contributed by atoms with Crippen molar-refractivity contribution in [3.63, 3.8) is 0 Å². The summed E-state index contributed by atoms with van der Waals surface area (Å²) in [7, 11) is 0. The van der Waals surface area contributed by atoms with E-state index in [1.54, 1.807) is 60.8 Å². The topological polar surface area (TPSA) is 167 Å². The SMILES string of the molecule is O=C(Nc1ccc(C2(c3nc4c([nH]3)CCCC4)CCC2)cn1)c1cccc(Cl)c1.O=C1CCCCC1O.O=CC1(c2ccc(NC(=O)c3cccc(Cl)c3)nc2)CCC1. The van der Waals surface area contributed by atoms with E-state index < -0.39 is 6.10 Å². The third-order valence-electron chi connectivity index (χ3n) is 11.9. The molecule has 3 aromatic heterocycles. The molecular weight excluding hydrogens is 787 g/mol. The fraction of sp³-hybridized carbons (Fsp3) is 0.370. The maximum absolute atomic E-state index is 12.4. The number of ketones is 1. The van der Waals surface area contributed by atoms with E-state index in [0.29, 0.717) is 45.6 Å². The summed E-state index contributed by atoms with van der Waals surface area (Å²) in [6.07, 6.45) is 18.0. The first-order valence-electron chi connectivity index (χ1n) is 20.4. The second-order valence-electron chi connectivity index (χ2n) is 15.8. The van der Waals surface area contributed by atoms with Crippen LogP contribution in [0.15, 0.2) is 85.2 Å². The lowest BCUT2D eigenvalue weighted by molar-refractivity contribution is -0.129. The highest BCUT2D eigenvalue weighted by atomic mass is 35.5. The van der Waals surface area contributed by atoms with Crippen LogP contribution in [0.2, 0.25) is 10.0 Å². The van der Waals surface area contributed by atoms with Crippen LogP contribution in [0.5, 0.6) is 0 Å². The molecule has 3 saturated carbocycles. The quantitative estimate of drug-likeness (QED) is 0.112. The molecule has 2 aromatic carbocycles. The molecule has 0 bridgehead atoms. The number of imidazole rings is 1. The van der Waals surface area contributed by atoms with Crippen molar-refractivity contribution in [3.05, 3.63) is 135 Å². The highest BCUT2D eigenvalue weighted by molar-refractivity contribution is 6.31. The number of aliphatic hydroxyl groups is 1. The minimum Gasteiger partial charge on any atom is -0.385 e. The smallest absolute Gasteiger partial charge is 0.256 e. The second kappa shape index (κ2) is 18.8. The number of hydrogen-bond acceptors (Lipinski definition) is 8. The summed E-state index contributed by atoms with van der Waals surface area (Å²) in [5, 5.41) is 15.4. The van der Waals surface area contributed by atoms with Crippen molar-refractivity contribution in [1.82, 2.24) is 19.9 Å². The summed E-state index contributed by atoms with van der Waals surface area (Å²) in [4.78, 5) is 63.7. The van der Waals surface area contributed by atoms with E-state index in [4.69, 9.17) is 33.3 Å². The zero-order chi connectivity index (χ0) is 41.4. The van der Waals surface area contributed by atoms with Gasteiger partial charge in [-0.3, -0.25) is 14.4 Å². The number of aromatic amines is 1. The van der Waals surface area contributed by atoms with Gasteiger partial charge in [-0.15, -0.1) is 0 Å². The standard InChI is InChI=1S/C23H23ClN4O.C17H15ClN2O2.C6H10O2/c24-17-6-3-5-15(13-17)21(29)28-20-10-9-16(14-25-20)23(11-4-12-23)22-26-18-7-1-2-8-19(18)27-22;18-14-4-1-3-12(9-14)16(22)20-15-6-5-13(10-19-15)17(11-21)7-2-8-17;7-5-3-1-2-4-6(5)8/h3,5-6,9-10,13-14H,1-2,4,7-8,11-12H2,(H,26,27)(H,25,28,29);1,3-6,9-11H,2,7-8H2,(H,19,20,22);5,7H,1-4H2. The zero-order valence-corrected chi connectivity index (χ0v) is 34.3. The van der Waals surface area contributed by atoms with Gasteiger partial charge >= 0.3 is 0 Å². The fourth-order valence-corrected chi connectivity index (χ4v) is 8.40. The number of Topliss-reactive ketones (excluding diaryl/α,β-unsaturated/α-hetero) is 1. The Morgan fingerprint density at radius 3 is 1.75 bits per heavy atom. The van der Waals surface area contributed by atoms with Gasteiger partial charge in [-0.2, -0.15) is 0 Å². The molecule has 5 aromatic rings. The molecule has 4 aliphatic rings. The molecule has 306 valence electrons. The molecule has 3 heterocycles. The number of H-pyrrole nitrogens is 1. The van der Waals surface area contributed by atoms with Crippen LogP contribution in [0.4, 0.5) is 11.6 Å². The molecule has 1 unspecified atom stereocenters. The molecule has 0 spiro atoms. The molecule has 0 aliphatic heterocycles. The second-order valence-corrected chi connectivity index (χ2v) is 16.7. The van der Waals surface area contributed by atoms with Crippen molar-refractivity contribution in [2.45, 2.75) is 107 Å². The lowest BCUT2D eigenvalue weighted by atomic mass is 9.64. The number of fused-ring (bicyclic) bond motifs is 1. The van der Waals surface area contributed by atoms with Crippen LogP contribution in [0.1, 0.15) is 126 Å². The highest BCUT2D eigenvalue weighted by Crippen LogP contribution is 2.48. The molecule has 13 heteroatoms. The molecule has 11 nitrogen and oxygen atoms in total. The molecular formula is C46H48Cl2N6O5. The van der Waals surface area contributed by atoms with E-state index in [1.165, 1.54) is 30.7 Å². The number of nitrogens with one attached hydrogen (secondary N) is 3. The van der Waals surface area contributed by atoms with E-state index in [0.717, 1.165) is 81.0 Å². The molecule has 0 radical (unpaired) electrons. The van der Waals surface area contributed by atoms with Crippen LogP contribution in [0, 0.1) is 0 Å². The average Bonchev–Trinajstić information content (AvgIpc) is 3.64. The van der Waals surface area contributed by atoms with Crippen LogP contribution >= 0.6 is 23.2 Å². The highest BCUT2D eigenvalue weighted by Gasteiger charge is 2.44. The van der Waals surface area contributed by atoms with Crippen molar-refractivity contribution in [2.24, 2.45) is 0 Å². The normalized spacial score (nSPS) is 18.5. The molecule has 3 fully saturated rings. The van der Waals surface area contributed by atoms with Crippen LogP contribution in [-0.4, -0.2) is 55.0 Å². The lowest BCUT2D eigenvalue weighted by Crippen LogP contribution is -2.36. The number of anilines is 2. The zero-order valence-electron chi connectivity index (χ0n) is 32.8. The summed E-state index contributed by atoms with van der Waals surface area (Å²) in [5.41, 5.74) is 5.18. The number of carbonyl (C=O) groups excluding carboxylic acids is 4. The first-order valence-corrected chi connectivity index (χ1v) is 21.2. The Kier molecular flexibility index (Phi) is 13.3. The average molecular weight is 836 g/mol. The summed E-state index contributed by atoms with van der Waals surface area (Å²) < 4.78 is 0. The van der Waals surface area contributed by atoms with Crippen molar-refractivity contribution in [3.8, 4) is 0 Å². The molecule has 9 rings (SSSR count). The Morgan fingerprint density at radius 1 is 0.729 bits per heavy atom. The molecule has 2 amide bonds. The Hall–Kier alpha value is -5.23. The van der Waals surface area contributed by atoms with Gasteiger partial charge < -0.3 is 25.5 Å². The number of aliphatic hydroxyl groups excluding tert-OH is 1. The summed E-state index contributed by atoms with van der Waals surface area (Å²) in [6.45, 7) is 0. The van der Waals surface area contributed by atoms with E-state index in [2.05, 4.69) is 31.7 Å². The van der Waals surface area contributed by atoms with Gasteiger partial charge in [0, 0.05) is 45.7 Å². The number of carbonyl (C=O) groups is 4. The number of benzene rings is 2. The van der Waals surface area contributed by atoms with E-state index in [-0.39, 0.29) is 28.4 Å². The van der Waals surface area contributed by atoms with Crippen LogP contribution < -0.4 is 10.6 Å². The first kappa shape index (κ1) is 41.9. The Balaban J connectivity index is 0.000000155. The van der Waals surface area contributed by atoms with E-state index >= 15 is 0 Å². The van der Waals surface area contributed by atoms with Gasteiger partial charge in [0.25, 0.3) is 11.8 Å². The summed E-state index contributed by atoms with van der Waals surface area (Å²) >= 11 is 11.8. The van der Waals surface area contributed by atoms with Gasteiger partial charge in [-0.1, -0.05) is 60.3 Å². The summed E-state index contributed by atoms with van der Waals surface area (Å²) in [5.74, 6) is 1.62. The molecule has 4 aliphatic carbocycles. The third-order valence-corrected chi connectivity index (χ3v) is 12.4. The van der Waals surface area contributed by atoms with Gasteiger partial charge in [0.2, 0.25) is 0 Å². The molecule has 59 heavy (non-hydrogen) atoms. The number of hydrogen-bond donors (Lipinski definition) is 4. The molecule has 1 atom stereocenters. The Bertz CT molecular complexity index is 2260. The van der Waals surface area contributed by atoms with Gasteiger partial charge in [0.15, 0.2) is 5.78 Å². The minimum absolute atomic E-state index is 0.0243. The number of aryl methyl sites for hydroxylation is 2. The maximum atomic E-state index is 12.4. The van der Waals surface area contributed by atoms with E-state index in [9.17, 15) is 19.2 Å². The minimum atomic E-state index is -0.635. The number of amides is 2. The number of aldehydes is 1. The number of aromatic nitrogens is 4. The lowest BCUT2D eigenvalue weighted by Gasteiger charge is -2.40. The van der Waals surface area contributed by atoms with Crippen molar-refractivity contribution in [1.29, 1.82) is 0 Å². The predicted octanol–water partition coefficient (Wildman–Crippen LogP) is 9.16. The number of halogens is 2. The van der Waals surface area contributed by atoms with Gasteiger partial charge in [0.05, 0.1) is 16.5 Å². The predicted molar refractivity (Wildman–Crippen MR) is 228 cm³/mol. The number of pyridine rings is 2. The number of nitrogens with zero attached hydrogens (tertiary/aromatic N) is 3. The summed E-state index contributed by atoms with van der Waals surface area (Å²) in [6, 6.07) is 21.1. The van der Waals surface area contributed by atoms with Crippen molar-refractivity contribution >= 4 is 58.7 Å². The van der Waals surface area contributed by atoms with Crippen LogP contribution in [0.25, 0.3) is 0 Å². The first-order chi connectivity index (χ1) is 28.6. The largest absolute Gasteiger partial charge is 0.385 e. The van der Waals surface area contributed by atoms with Crippen molar-refractivity contribution < 1.29 is 24.3 Å². The van der Waals surface area contributed by atoms with Crippen LogP contribution in [-0.2, 0) is 33.3 Å². The Labute approximate surface area is 353 Å². The fourth-order valence-electron chi connectivity index (χ4n) is 8.02. The van der Waals surface area contributed by atoms with Gasteiger partial charge in [-0.25, -0.2) is 15.0 Å². The Morgan fingerprint density at radius 2 is 1.31 bits per heavy atom. The maximum Gasteiger partial charge on any atom is 0.256 e. The van der Waals surface area contributed by atoms with Crippen LogP contribution in [0.3, 0.4) is 0 Å². The van der Waals surface area contributed by atoms with E-state index in [1.807, 2.05) is 18.3 Å². The molecule has 0 saturated heterocycles. The monoisotopic (exact) mass is 834 g/mol. The third kappa shape index (κ3) is 9.81. The number of rotatable bonds is 8. The van der Waals surface area contributed by atoms with Crippen molar-refractivity contribution in [2.75, 3.05) is 10.6 Å². The molecule has 4 N–H and O–H groups in total. The van der Waals surface area contributed by atoms with Gasteiger partial charge in [-0.05, 0) is 130 Å². The van der Waals surface area contributed by atoms with Gasteiger partial charge in [0.1, 0.15) is 29.9 Å².